The Labute approximate surface area is 148 Å². The zero-order valence-corrected chi connectivity index (χ0v) is 14.8. The Morgan fingerprint density at radius 3 is 2.70 bits per heavy atom. The summed E-state index contributed by atoms with van der Waals surface area (Å²) in [5, 5.41) is 7.21. The lowest BCUT2D eigenvalue weighted by Crippen LogP contribution is -2.12. The number of nitrogens with one attached hydrogen (secondary N) is 1. The third-order valence-corrected chi connectivity index (χ3v) is 4.54. The molecule has 1 amide bonds. The number of aryl methyl sites for hydroxylation is 1. The fraction of sp³-hybridized carbons (Fsp3) is 0.111. The molecule has 2 aromatic carbocycles. The largest absolute Gasteiger partial charge is 0.319 e. The van der Waals surface area contributed by atoms with Crippen molar-refractivity contribution in [3.63, 3.8) is 0 Å². The third-order valence-electron chi connectivity index (χ3n) is 3.60. The molecule has 0 bridgehead atoms. The van der Waals surface area contributed by atoms with Gasteiger partial charge in [0, 0.05) is 9.77 Å². The van der Waals surface area contributed by atoms with E-state index in [2.05, 4.69) is 52.1 Å². The molecule has 0 spiro atoms. The number of benzene rings is 2. The number of hydrogen-bond donors (Lipinski definition) is 1. The van der Waals surface area contributed by atoms with Crippen molar-refractivity contribution in [1.82, 2.24) is 9.78 Å². The molecule has 0 aliphatic rings. The van der Waals surface area contributed by atoms with E-state index in [9.17, 15) is 4.79 Å². The van der Waals surface area contributed by atoms with Crippen molar-refractivity contribution in [2.75, 3.05) is 5.32 Å². The number of hydrogen-bond acceptors (Lipinski definition) is 2. The molecule has 3 aromatic rings. The van der Waals surface area contributed by atoms with Crippen LogP contribution in [0, 0.1) is 10.5 Å². The van der Waals surface area contributed by atoms with Gasteiger partial charge >= 0.3 is 0 Å². The molecule has 0 aliphatic heterocycles. The molecule has 0 fully saturated rings. The van der Waals surface area contributed by atoms with Crippen LogP contribution in [0.15, 0.2) is 60.9 Å². The van der Waals surface area contributed by atoms with Gasteiger partial charge in [-0.1, -0.05) is 36.4 Å². The van der Waals surface area contributed by atoms with E-state index in [1.807, 2.05) is 47.3 Å². The summed E-state index contributed by atoms with van der Waals surface area (Å²) in [6, 6.07) is 15.7. The Hall–Kier alpha value is -2.15. The minimum atomic E-state index is -0.120. The van der Waals surface area contributed by atoms with Crippen LogP contribution in [0.2, 0.25) is 0 Å². The zero-order chi connectivity index (χ0) is 16.2. The summed E-state index contributed by atoms with van der Waals surface area (Å²) in [6.07, 6.45) is 3.52. The standard InChI is InChI=1S/C18H16IN3O/c1-13-6-2-3-7-14(13)11-22-12-15(10-20-22)21-18(23)16-8-4-5-9-17(16)19/h2-10,12H,11H2,1H3,(H,21,23). The van der Waals surface area contributed by atoms with Gasteiger partial charge in [0.25, 0.3) is 5.91 Å². The molecule has 0 unspecified atom stereocenters. The molecule has 23 heavy (non-hydrogen) atoms. The molecular weight excluding hydrogens is 401 g/mol. The highest BCUT2D eigenvalue weighted by atomic mass is 127. The third kappa shape index (κ3) is 3.79. The minimum Gasteiger partial charge on any atom is -0.319 e. The Morgan fingerprint density at radius 2 is 1.91 bits per heavy atom. The van der Waals surface area contributed by atoms with Crippen molar-refractivity contribution in [3.8, 4) is 0 Å². The molecule has 0 saturated carbocycles. The fourth-order valence-electron chi connectivity index (χ4n) is 2.32. The molecule has 1 N–H and O–H groups in total. The summed E-state index contributed by atoms with van der Waals surface area (Å²) in [4.78, 5) is 12.3. The van der Waals surface area contributed by atoms with Crippen molar-refractivity contribution in [2.24, 2.45) is 0 Å². The van der Waals surface area contributed by atoms with Gasteiger partial charge in [0.05, 0.1) is 24.0 Å². The predicted octanol–water partition coefficient (Wildman–Crippen LogP) is 4.10. The number of carbonyl (C=O) groups is 1. The Balaban J connectivity index is 1.72. The summed E-state index contributed by atoms with van der Waals surface area (Å²) in [5.41, 5.74) is 3.81. The number of amides is 1. The fourth-order valence-corrected chi connectivity index (χ4v) is 2.95. The number of rotatable bonds is 4. The monoisotopic (exact) mass is 417 g/mol. The van der Waals surface area contributed by atoms with Gasteiger partial charge in [0.1, 0.15) is 0 Å². The maximum atomic E-state index is 12.3. The predicted molar refractivity (Wildman–Crippen MR) is 99.6 cm³/mol. The SMILES string of the molecule is Cc1ccccc1Cn1cc(NC(=O)c2ccccc2I)cn1. The summed E-state index contributed by atoms with van der Waals surface area (Å²) < 4.78 is 2.75. The normalized spacial score (nSPS) is 10.5. The van der Waals surface area contributed by atoms with Gasteiger partial charge in [-0.15, -0.1) is 0 Å². The lowest BCUT2D eigenvalue weighted by atomic mass is 10.1. The average Bonchev–Trinajstić information content (AvgIpc) is 2.97. The zero-order valence-electron chi connectivity index (χ0n) is 12.7. The molecule has 1 heterocycles. The van der Waals surface area contributed by atoms with Gasteiger partial charge in [-0.25, -0.2) is 0 Å². The van der Waals surface area contributed by atoms with Crippen molar-refractivity contribution < 1.29 is 4.79 Å². The smallest absolute Gasteiger partial charge is 0.256 e. The molecule has 4 nitrogen and oxygen atoms in total. The van der Waals surface area contributed by atoms with E-state index in [1.54, 1.807) is 6.20 Å². The molecule has 1 aromatic heterocycles. The van der Waals surface area contributed by atoms with E-state index in [0.717, 1.165) is 3.57 Å². The van der Waals surface area contributed by atoms with Crippen LogP contribution in [0.25, 0.3) is 0 Å². The second-order valence-electron chi connectivity index (χ2n) is 5.29. The Bertz CT molecular complexity index is 842. The highest BCUT2D eigenvalue weighted by molar-refractivity contribution is 14.1. The van der Waals surface area contributed by atoms with E-state index in [1.165, 1.54) is 11.1 Å². The lowest BCUT2D eigenvalue weighted by molar-refractivity contribution is 0.102. The van der Waals surface area contributed by atoms with Crippen molar-refractivity contribution in [2.45, 2.75) is 13.5 Å². The second-order valence-corrected chi connectivity index (χ2v) is 6.45. The van der Waals surface area contributed by atoms with E-state index in [4.69, 9.17) is 0 Å². The van der Waals surface area contributed by atoms with E-state index < -0.39 is 0 Å². The Morgan fingerprint density at radius 1 is 1.17 bits per heavy atom. The van der Waals surface area contributed by atoms with Gasteiger partial charge in [0.2, 0.25) is 0 Å². The summed E-state index contributed by atoms with van der Waals surface area (Å²) in [7, 11) is 0. The van der Waals surface area contributed by atoms with Crippen LogP contribution in [-0.2, 0) is 6.54 Å². The average molecular weight is 417 g/mol. The van der Waals surface area contributed by atoms with Crippen molar-refractivity contribution in [1.29, 1.82) is 0 Å². The number of carbonyl (C=O) groups excluding carboxylic acids is 1. The lowest BCUT2D eigenvalue weighted by Gasteiger charge is -2.06. The summed E-state index contributed by atoms with van der Waals surface area (Å²) in [6.45, 7) is 2.77. The van der Waals surface area contributed by atoms with Crippen LogP contribution < -0.4 is 5.32 Å². The second kappa shape index (κ2) is 6.95. The van der Waals surface area contributed by atoms with Crippen LogP contribution in [0.4, 0.5) is 5.69 Å². The van der Waals surface area contributed by atoms with Crippen LogP contribution in [0.3, 0.4) is 0 Å². The van der Waals surface area contributed by atoms with Crippen molar-refractivity contribution >= 4 is 34.2 Å². The van der Waals surface area contributed by atoms with Crippen LogP contribution in [0.1, 0.15) is 21.5 Å². The van der Waals surface area contributed by atoms with E-state index in [0.29, 0.717) is 17.8 Å². The molecule has 3 rings (SSSR count). The first-order valence-corrected chi connectivity index (χ1v) is 8.34. The number of halogens is 1. The first kappa shape index (κ1) is 15.7. The summed E-state index contributed by atoms with van der Waals surface area (Å²) >= 11 is 2.16. The van der Waals surface area contributed by atoms with Gasteiger partial charge < -0.3 is 5.32 Å². The Kier molecular flexibility index (Phi) is 4.76. The highest BCUT2D eigenvalue weighted by Crippen LogP contribution is 2.15. The maximum absolute atomic E-state index is 12.3. The van der Waals surface area contributed by atoms with E-state index in [-0.39, 0.29) is 5.91 Å². The van der Waals surface area contributed by atoms with Gasteiger partial charge in [-0.05, 0) is 52.8 Å². The summed E-state index contributed by atoms with van der Waals surface area (Å²) in [5.74, 6) is -0.120. The minimum absolute atomic E-state index is 0.120. The van der Waals surface area contributed by atoms with Crippen LogP contribution in [0.5, 0.6) is 0 Å². The molecular formula is C18H16IN3O. The van der Waals surface area contributed by atoms with Gasteiger partial charge in [-0.2, -0.15) is 5.10 Å². The first-order chi connectivity index (χ1) is 11.1. The molecule has 116 valence electrons. The van der Waals surface area contributed by atoms with Crippen LogP contribution >= 0.6 is 22.6 Å². The topological polar surface area (TPSA) is 46.9 Å². The maximum Gasteiger partial charge on any atom is 0.256 e. The molecule has 0 aliphatic carbocycles. The number of nitrogens with zero attached hydrogens (tertiary/aromatic N) is 2. The van der Waals surface area contributed by atoms with E-state index >= 15 is 0 Å². The molecule has 0 radical (unpaired) electrons. The molecule has 5 heteroatoms. The van der Waals surface area contributed by atoms with Gasteiger partial charge in [-0.3, -0.25) is 9.48 Å². The van der Waals surface area contributed by atoms with Crippen molar-refractivity contribution in [3.05, 3.63) is 81.2 Å². The quantitative estimate of drug-likeness (QED) is 0.650. The molecule has 0 saturated heterocycles. The number of aromatic nitrogens is 2. The van der Waals surface area contributed by atoms with Crippen LogP contribution in [-0.4, -0.2) is 15.7 Å². The number of anilines is 1. The first-order valence-electron chi connectivity index (χ1n) is 7.26. The highest BCUT2D eigenvalue weighted by Gasteiger charge is 2.10. The molecule has 0 atom stereocenters. The van der Waals surface area contributed by atoms with Gasteiger partial charge in [0.15, 0.2) is 0 Å².